The largest absolute Gasteiger partial charge is 0.490 e. The van der Waals surface area contributed by atoms with Crippen molar-refractivity contribution >= 4 is 52.8 Å². The SMILES string of the molecule is CCCC(=O)Oc1c(Cl)cc(/C=C2\N=C(c3ccc(Cl)c([N+](=O)[O-])c3)OC2=O)cc1OCC. The molecule has 0 atom stereocenters. The van der Waals surface area contributed by atoms with Crippen molar-refractivity contribution in [3.63, 3.8) is 0 Å². The van der Waals surface area contributed by atoms with E-state index in [0.717, 1.165) is 0 Å². The number of nitro groups is 1. The van der Waals surface area contributed by atoms with Crippen LogP contribution >= 0.6 is 23.2 Å². The van der Waals surface area contributed by atoms with Crippen LogP contribution in [0.1, 0.15) is 37.8 Å². The minimum Gasteiger partial charge on any atom is -0.490 e. The van der Waals surface area contributed by atoms with Crippen molar-refractivity contribution < 1.29 is 28.7 Å². The molecule has 9 nitrogen and oxygen atoms in total. The summed E-state index contributed by atoms with van der Waals surface area (Å²) in [5.41, 5.74) is 0.260. The molecule has 0 fully saturated rings. The van der Waals surface area contributed by atoms with Gasteiger partial charge >= 0.3 is 11.9 Å². The second-order valence-corrected chi connectivity index (χ2v) is 7.56. The van der Waals surface area contributed by atoms with Gasteiger partial charge in [-0.1, -0.05) is 30.1 Å². The monoisotopic (exact) mass is 492 g/mol. The lowest BCUT2D eigenvalue weighted by atomic mass is 10.1. The number of nitrogens with zero attached hydrogens (tertiary/aromatic N) is 2. The molecule has 0 radical (unpaired) electrons. The Hall–Kier alpha value is -3.43. The highest BCUT2D eigenvalue weighted by Gasteiger charge is 2.26. The van der Waals surface area contributed by atoms with E-state index in [1.165, 1.54) is 30.3 Å². The van der Waals surface area contributed by atoms with Crippen LogP contribution in [0.3, 0.4) is 0 Å². The van der Waals surface area contributed by atoms with Gasteiger partial charge in [0, 0.05) is 18.1 Å². The number of cyclic esters (lactones) is 1. The smallest absolute Gasteiger partial charge is 0.363 e. The average molecular weight is 493 g/mol. The summed E-state index contributed by atoms with van der Waals surface area (Å²) >= 11 is 12.1. The molecule has 0 saturated heterocycles. The fourth-order valence-electron chi connectivity index (χ4n) is 2.88. The molecule has 0 unspecified atom stereocenters. The summed E-state index contributed by atoms with van der Waals surface area (Å²) in [7, 11) is 0. The summed E-state index contributed by atoms with van der Waals surface area (Å²) in [6.07, 6.45) is 2.25. The van der Waals surface area contributed by atoms with Crippen molar-refractivity contribution in [2.75, 3.05) is 6.61 Å². The molecular formula is C22H18Cl2N2O7. The van der Waals surface area contributed by atoms with E-state index in [-0.39, 0.29) is 57.4 Å². The number of aliphatic imine (C=N–C) groups is 1. The highest BCUT2D eigenvalue weighted by molar-refractivity contribution is 6.33. The van der Waals surface area contributed by atoms with Gasteiger partial charge in [-0.3, -0.25) is 14.9 Å². The molecule has 33 heavy (non-hydrogen) atoms. The zero-order valence-corrected chi connectivity index (χ0v) is 19.1. The minimum absolute atomic E-state index is 0.0535. The van der Waals surface area contributed by atoms with E-state index in [4.69, 9.17) is 37.4 Å². The Balaban J connectivity index is 1.96. The van der Waals surface area contributed by atoms with Crippen LogP contribution in [0, 0.1) is 10.1 Å². The standard InChI is InChI=1S/C22H18Cl2N2O7/c1-3-5-19(27)32-20-15(24)8-12(10-18(20)31-4-2)9-16-22(28)33-21(25-16)13-6-7-14(23)17(11-13)26(29)30/h6-11H,3-5H2,1-2H3/b16-9-. The van der Waals surface area contributed by atoms with Gasteiger partial charge in [0.15, 0.2) is 17.2 Å². The number of benzene rings is 2. The van der Waals surface area contributed by atoms with E-state index < -0.39 is 16.9 Å². The topological polar surface area (TPSA) is 117 Å². The molecule has 1 aliphatic rings. The molecule has 0 amide bonds. The van der Waals surface area contributed by atoms with Gasteiger partial charge in [-0.15, -0.1) is 0 Å². The first kappa shape index (κ1) is 24.2. The summed E-state index contributed by atoms with van der Waals surface area (Å²) in [5, 5.41) is 11.2. The second-order valence-electron chi connectivity index (χ2n) is 6.75. The van der Waals surface area contributed by atoms with Crippen molar-refractivity contribution in [2.24, 2.45) is 4.99 Å². The van der Waals surface area contributed by atoms with Crippen molar-refractivity contribution in [3.8, 4) is 11.5 Å². The van der Waals surface area contributed by atoms with E-state index >= 15 is 0 Å². The molecule has 11 heteroatoms. The minimum atomic E-state index is -0.755. The van der Waals surface area contributed by atoms with Crippen LogP contribution in [-0.2, 0) is 14.3 Å². The summed E-state index contributed by atoms with van der Waals surface area (Å²) in [6, 6.07) is 6.97. The Bertz CT molecular complexity index is 1190. The first-order valence-corrected chi connectivity index (χ1v) is 10.6. The fourth-order valence-corrected chi connectivity index (χ4v) is 3.32. The maximum absolute atomic E-state index is 12.3. The van der Waals surface area contributed by atoms with Gasteiger partial charge in [0.1, 0.15) is 5.02 Å². The maximum Gasteiger partial charge on any atom is 0.363 e. The van der Waals surface area contributed by atoms with E-state index in [1.54, 1.807) is 13.0 Å². The van der Waals surface area contributed by atoms with Gasteiger partial charge < -0.3 is 14.2 Å². The fraction of sp³-hybridized carbons (Fsp3) is 0.227. The number of rotatable bonds is 8. The van der Waals surface area contributed by atoms with Gasteiger partial charge in [-0.25, -0.2) is 9.79 Å². The predicted molar refractivity (Wildman–Crippen MR) is 122 cm³/mol. The van der Waals surface area contributed by atoms with Crippen LogP contribution < -0.4 is 9.47 Å². The zero-order valence-electron chi connectivity index (χ0n) is 17.6. The van der Waals surface area contributed by atoms with Gasteiger partial charge in [-0.05, 0) is 49.2 Å². The number of nitro benzene ring substituents is 1. The van der Waals surface area contributed by atoms with Crippen LogP contribution in [-0.4, -0.2) is 29.4 Å². The van der Waals surface area contributed by atoms with Gasteiger partial charge in [-0.2, -0.15) is 0 Å². The van der Waals surface area contributed by atoms with Crippen LogP contribution in [0.2, 0.25) is 10.0 Å². The predicted octanol–water partition coefficient (Wildman–Crippen LogP) is 5.35. The summed E-state index contributed by atoms with van der Waals surface area (Å²) < 4.78 is 16.0. The molecule has 2 aromatic carbocycles. The molecular weight excluding hydrogens is 475 g/mol. The Morgan fingerprint density at radius 3 is 2.64 bits per heavy atom. The van der Waals surface area contributed by atoms with Gasteiger partial charge in [0.2, 0.25) is 5.90 Å². The summed E-state index contributed by atoms with van der Waals surface area (Å²) in [4.78, 5) is 38.8. The molecule has 172 valence electrons. The van der Waals surface area contributed by atoms with Crippen molar-refractivity contribution in [2.45, 2.75) is 26.7 Å². The normalized spacial score (nSPS) is 14.1. The first-order chi connectivity index (χ1) is 15.7. The zero-order chi connectivity index (χ0) is 24.1. The number of carbonyl (C=O) groups excluding carboxylic acids is 2. The van der Waals surface area contributed by atoms with Crippen molar-refractivity contribution in [1.82, 2.24) is 0 Å². The lowest BCUT2D eigenvalue weighted by Gasteiger charge is -2.13. The highest BCUT2D eigenvalue weighted by atomic mass is 35.5. The molecule has 1 aliphatic heterocycles. The van der Waals surface area contributed by atoms with E-state index in [0.29, 0.717) is 12.0 Å². The average Bonchev–Trinajstić information content (AvgIpc) is 3.11. The Morgan fingerprint density at radius 1 is 1.21 bits per heavy atom. The molecule has 0 aromatic heterocycles. The lowest BCUT2D eigenvalue weighted by molar-refractivity contribution is -0.384. The number of carbonyl (C=O) groups is 2. The molecule has 2 aromatic rings. The van der Waals surface area contributed by atoms with Crippen LogP contribution in [0.15, 0.2) is 41.0 Å². The van der Waals surface area contributed by atoms with Crippen molar-refractivity contribution in [1.29, 1.82) is 0 Å². The molecule has 1 heterocycles. The maximum atomic E-state index is 12.3. The number of hydrogen-bond donors (Lipinski definition) is 0. The Labute approximate surface area is 198 Å². The number of ether oxygens (including phenoxy) is 3. The first-order valence-electron chi connectivity index (χ1n) is 9.87. The van der Waals surface area contributed by atoms with Gasteiger partial charge in [0.25, 0.3) is 5.69 Å². The lowest BCUT2D eigenvalue weighted by Crippen LogP contribution is -2.09. The van der Waals surface area contributed by atoms with E-state index in [9.17, 15) is 19.7 Å². The van der Waals surface area contributed by atoms with E-state index in [1.807, 2.05) is 6.92 Å². The molecule has 0 saturated carbocycles. The number of halogens is 2. The molecule has 3 rings (SSSR count). The van der Waals surface area contributed by atoms with Crippen LogP contribution in [0.5, 0.6) is 11.5 Å². The number of hydrogen-bond acceptors (Lipinski definition) is 8. The molecule has 0 bridgehead atoms. The molecule has 0 aliphatic carbocycles. The molecule has 0 spiro atoms. The third kappa shape index (κ3) is 5.68. The second kappa shape index (κ2) is 10.5. The highest BCUT2D eigenvalue weighted by Crippen LogP contribution is 2.38. The van der Waals surface area contributed by atoms with Gasteiger partial charge in [0.05, 0.1) is 16.6 Å². The summed E-state index contributed by atoms with van der Waals surface area (Å²) in [5.74, 6) is -0.990. The van der Waals surface area contributed by atoms with Crippen LogP contribution in [0.25, 0.3) is 6.08 Å². The summed E-state index contributed by atoms with van der Waals surface area (Å²) in [6.45, 7) is 3.89. The Morgan fingerprint density at radius 2 is 1.97 bits per heavy atom. The van der Waals surface area contributed by atoms with Crippen molar-refractivity contribution in [3.05, 3.63) is 67.3 Å². The Kier molecular flexibility index (Phi) is 7.67. The van der Waals surface area contributed by atoms with E-state index in [2.05, 4.69) is 4.99 Å². The third-order valence-corrected chi connectivity index (χ3v) is 4.92. The quantitative estimate of drug-likeness (QED) is 0.160. The molecule has 0 N–H and O–H groups in total. The number of esters is 2. The van der Waals surface area contributed by atoms with Crippen LogP contribution in [0.4, 0.5) is 5.69 Å². The third-order valence-electron chi connectivity index (χ3n) is 4.32.